The van der Waals surface area contributed by atoms with Crippen LogP contribution in [0.2, 0.25) is 0 Å². The van der Waals surface area contributed by atoms with Gasteiger partial charge in [0.2, 0.25) is 0 Å². The number of carbonyl (C=O) groups excluding carboxylic acids is 1. The number of nitrogens with one attached hydrogen (secondary N) is 1. The zero-order chi connectivity index (χ0) is 21.3. The largest absolute Gasteiger partial charge is 0.457 e. The first-order valence-corrected chi connectivity index (χ1v) is 11.4. The monoisotopic (exact) mass is 416 g/mol. The number of aromatic nitrogens is 4. The summed E-state index contributed by atoms with van der Waals surface area (Å²) in [7, 11) is 0. The summed E-state index contributed by atoms with van der Waals surface area (Å²) < 4.78 is 8.90. The summed E-state index contributed by atoms with van der Waals surface area (Å²) in [6.07, 6.45) is 7.97. The van der Waals surface area contributed by atoms with Crippen LogP contribution in [0.4, 0.5) is 0 Å². The third-order valence-corrected chi connectivity index (χ3v) is 6.82. The Hall–Kier alpha value is -2.38. The summed E-state index contributed by atoms with van der Waals surface area (Å²) >= 11 is 0. The van der Waals surface area contributed by atoms with Crippen LogP contribution in [0.3, 0.4) is 0 Å². The highest BCUT2D eigenvalue weighted by Gasteiger charge is 2.40. The van der Waals surface area contributed by atoms with Crippen LogP contribution in [0.5, 0.6) is 0 Å². The molecule has 3 unspecified atom stereocenters. The van der Waals surface area contributed by atoms with Crippen molar-refractivity contribution in [3.8, 4) is 0 Å². The summed E-state index contributed by atoms with van der Waals surface area (Å²) in [5.74, 6) is 2.26. The number of unbranched alkanes of at least 4 members (excludes halogenated alkanes) is 1. The molecule has 2 aromatic heterocycles. The van der Waals surface area contributed by atoms with Gasteiger partial charge in [-0.25, -0.2) is 9.78 Å². The van der Waals surface area contributed by atoms with E-state index >= 15 is 0 Å². The van der Waals surface area contributed by atoms with Crippen molar-refractivity contribution in [2.24, 2.45) is 17.8 Å². The smallest absolute Gasteiger partial charge is 0.330 e. The number of hydrogen-bond acceptors (Lipinski definition) is 5. The van der Waals surface area contributed by atoms with Crippen LogP contribution in [-0.4, -0.2) is 25.1 Å². The van der Waals surface area contributed by atoms with Crippen molar-refractivity contribution in [1.82, 2.24) is 19.1 Å². The maximum atomic E-state index is 12.5. The maximum Gasteiger partial charge on any atom is 0.330 e. The van der Waals surface area contributed by atoms with Gasteiger partial charge in [0.15, 0.2) is 11.2 Å². The molecule has 8 nitrogen and oxygen atoms in total. The van der Waals surface area contributed by atoms with E-state index in [4.69, 9.17) is 4.74 Å². The van der Waals surface area contributed by atoms with Crippen LogP contribution in [0.1, 0.15) is 71.0 Å². The number of H-pyrrole nitrogens is 1. The molecule has 0 saturated heterocycles. The molecule has 2 fully saturated rings. The van der Waals surface area contributed by atoms with Crippen LogP contribution >= 0.6 is 0 Å². The van der Waals surface area contributed by atoms with Crippen molar-refractivity contribution >= 4 is 17.1 Å². The van der Waals surface area contributed by atoms with E-state index in [0.29, 0.717) is 48.3 Å². The van der Waals surface area contributed by atoms with Gasteiger partial charge in [0.25, 0.3) is 5.56 Å². The summed E-state index contributed by atoms with van der Waals surface area (Å²) in [5, 5.41) is 0. The van der Waals surface area contributed by atoms with E-state index in [0.717, 1.165) is 31.6 Å². The van der Waals surface area contributed by atoms with Crippen LogP contribution in [-0.2, 0) is 29.2 Å². The highest BCUT2D eigenvalue weighted by atomic mass is 16.5. The second-order valence-corrected chi connectivity index (χ2v) is 8.92. The molecule has 2 aromatic rings. The molecule has 2 aliphatic rings. The zero-order valence-corrected chi connectivity index (χ0v) is 18.0. The minimum atomic E-state index is -0.443. The van der Waals surface area contributed by atoms with Gasteiger partial charge >= 0.3 is 11.7 Å². The molecule has 164 valence electrons. The minimum Gasteiger partial charge on any atom is -0.457 e. The van der Waals surface area contributed by atoms with Gasteiger partial charge in [0.1, 0.15) is 12.4 Å². The molecule has 8 heteroatoms. The maximum absolute atomic E-state index is 12.5. The Morgan fingerprint density at radius 3 is 2.63 bits per heavy atom. The Kier molecular flexibility index (Phi) is 6.11. The minimum absolute atomic E-state index is 0.0235. The molecule has 0 aromatic carbocycles. The van der Waals surface area contributed by atoms with Crippen molar-refractivity contribution in [3.63, 3.8) is 0 Å². The third kappa shape index (κ3) is 3.96. The van der Waals surface area contributed by atoms with E-state index in [1.807, 2.05) is 13.8 Å². The number of nitrogens with zero attached hydrogens (tertiary/aromatic N) is 3. The fourth-order valence-corrected chi connectivity index (χ4v) is 5.36. The first-order chi connectivity index (χ1) is 14.5. The molecular weight excluding hydrogens is 384 g/mol. The average Bonchev–Trinajstić information content (AvgIpc) is 3.41. The molecule has 0 radical (unpaired) electrons. The Morgan fingerprint density at radius 1 is 1.13 bits per heavy atom. The molecule has 2 aliphatic carbocycles. The second kappa shape index (κ2) is 8.78. The lowest BCUT2D eigenvalue weighted by atomic mass is 9.86. The van der Waals surface area contributed by atoms with Crippen molar-refractivity contribution < 1.29 is 9.53 Å². The van der Waals surface area contributed by atoms with Gasteiger partial charge in [0, 0.05) is 19.5 Å². The summed E-state index contributed by atoms with van der Waals surface area (Å²) in [5.41, 5.74) is -0.123. The van der Waals surface area contributed by atoms with E-state index < -0.39 is 11.2 Å². The van der Waals surface area contributed by atoms with E-state index in [9.17, 15) is 14.4 Å². The zero-order valence-electron chi connectivity index (χ0n) is 18.0. The number of imidazole rings is 1. The summed E-state index contributed by atoms with van der Waals surface area (Å²) in [4.78, 5) is 44.3. The molecular formula is C22H32N4O4. The van der Waals surface area contributed by atoms with Crippen LogP contribution in [0.15, 0.2) is 9.59 Å². The third-order valence-electron chi connectivity index (χ3n) is 6.82. The van der Waals surface area contributed by atoms with E-state index in [1.165, 1.54) is 23.8 Å². The number of ether oxygens (including phenoxy) is 1. The van der Waals surface area contributed by atoms with Crippen LogP contribution in [0, 0.1) is 17.8 Å². The second-order valence-electron chi connectivity index (χ2n) is 8.92. The molecule has 1 N–H and O–H groups in total. The van der Waals surface area contributed by atoms with E-state index in [2.05, 4.69) is 9.97 Å². The van der Waals surface area contributed by atoms with Gasteiger partial charge in [-0.15, -0.1) is 0 Å². The number of rotatable bonds is 9. The van der Waals surface area contributed by atoms with Gasteiger partial charge < -0.3 is 9.30 Å². The molecule has 4 rings (SSSR count). The SMILES string of the molecule is CCCCn1c(=O)[nH]c(=O)c2c1nc(COC(=O)CC1CC3CCC1C3)n2CCC. The Morgan fingerprint density at radius 2 is 1.97 bits per heavy atom. The van der Waals surface area contributed by atoms with Gasteiger partial charge in [-0.2, -0.15) is 0 Å². The first-order valence-electron chi connectivity index (χ1n) is 11.4. The standard InChI is InChI=1S/C22H32N4O4/c1-3-5-9-26-20-19(21(28)24-22(26)29)25(8-4-2)17(23-20)13-30-18(27)12-16-11-14-6-7-15(16)10-14/h14-16H,3-13H2,1-2H3,(H,24,28,29). The highest BCUT2D eigenvalue weighted by Crippen LogP contribution is 2.49. The Balaban J connectivity index is 1.55. The topological polar surface area (TPSA) is 99.0 Å². The number of carbonyl (C=O) groups is 1. The fraction of sp³-hybridized carbons (Fsp3) is 0.727. The lowest BCUT2D eigenvalue weighted by Crippen LogP contribution is -2.31. The van der Waals surface area contributed by atoms with Gasteiger partial charge in [-0.1, -0.05) is 26.7 Å². The Labute approximate surface area is 175 Å². The van der Waals surface area contributed by atoms with Crippen molar-refractivity contribution in [1.29, 1.82) is 0 Å². The highest BCUT2D eigenvalue weighted by molar-refractivity contribution is 5.72. The number of fused-ring (bicyclic) bond motifs is 3. The lowest BCUT2D eigenvalue weighted by molar-refractivity contribution is -0.146. The Bertz CT molecular complexity index is 1030. The quantitative estimate of drug-likeness (QED) is 0.634. The molecule has 0 aliphatic heterocycles. The lowest BCUT2D eigenvalue weighted by Gasteiger charge is -2.20. The predicted octanol–water partition coefficient (Wildman–Crippen LogP) is 2.97. The van der Waals surface area contributed by atoms with Gasteiger partial charge in [-0.3, -0.25) is 19.1 Å². The first kappa shape index (κ1) is 20.9. The van der Waals surface area contributed by atoms with Crippen molar-refractivity contribution in [3.05, 3.63) is 26.7 Å². The fourth-order valence-electron chi connectivity index (χ4n) is 5.36. The molecule has 30 heavy (non-hydrogen) atoms. The van der Waals surface area contributed by atoms with Gasteiger partial charge in [-0.05, 0) is 49.9 Å². The van der Waals surface area contributed by atoms with Crippen molar-refractivity contribution in [2.75, 3.05) is 0 Å². The molecule has 2 heterocycles. The van der Waals surface area contributed by atoms with Gasteiger partial charge in [0.05, 0.1) is 0 Å². The van der Waals surface area contributed by atoms with E-state index in [-0.39, 0.29) is 12.6 Å². The average molecular weight is 417 g/mol. The number of esters is 1. The summed E-state index contributed by atoms with van der Waals surface area (Å²) in [6.45, 7) is 5.15. The molecule has 2 saturated carbocycles. The normalized spacial score (nSPS) is 22.8. The van der Waals surface area contributed by atoms with Crippen LogP contribution < -0.4 is 11.2 Å². The van der Waals surface area contributed by atoms with Crippen LogP contribution in [0.25, 0.3) is 11.2 Å². The number of aryl methyl sites for hydroxylation is 2. The number of hydrogen-bond donors (Lipinski definition) is 1. The van der Waals surface area contributed by atoms with E-state index in [1.54, 1.807) is 4.57 Å². The molecule has 3 atom stereocenters. The number of aromatic amines is 1. The van der Waals surface area contributed by atoms with Crippen molar-refractivity contribution in [2.45, 2.75) is 84.9 Å². The predicted molar refractivity (Wildman–Crippen MR) is 113 cm³/mol. The molecule has 2 bridgehead atoms. The molecule has 0 amide bonds. The summed E-state index contributed by atoms with van der Waals surface area (Å²) in [6, 6.07) is 0. The molecule has 0 spiro atoms.